The monoisotopic (exact) mass is 287 g/mol. The van der Waals surface area contributed by atoms with E-state index in [1.165, 1.54) is 6.07 Å². The van der Waals surface area contributed by atoms with Gasteiger partial charge in [-0.05, 0) is 30.2 Å². The van der Waals surface area contributed by atoms with Crippen LogP contribution in [0.15, 0.2) is 47.6 Å². The van der Waals surface area contributed by atoms with Gasteiger partial charge in [0.1, 0.15) is 5.82 Å². The number of benzene rings is 2. The fourth-order valence-corrected chi connectivity index (χ4v) is 2.26. The third-order valence-corrected chi connectivity index (χ3v) is 3.44. The molecule has 0 unspecified atom stereocenters. The van der Waals surface area contributed by atoms with Gasteiger partial charge >= 0.3 is 0 Å². The maximum absolute atomic E-state index is 14.0. The van der Waals surface area contributed by atoms with Crippen molar-refractivity contribution in [1.29, 1.82) is 0 Å². The lowest BCUT2D eigenvalue weighted by atomic mass is 10.1. The molecule has 3 N–H and O–H groups in total. The van der Waals surface area contributed by atoms with Crippen molar-refractivity contribution < 1.29 is 9.60 Å². The number of nitrogens with two attached hydrogens (primary N) is 1. The van der Waals surface area contributed by atoms with Crippen LogP contribution >= 0.6 is 0 Å². The van der Waals surface area contributed by atoms with Crippen LogP contribution in [0.3, 0.4) is 0 Å². The van der Waals surface area contributed by atoms with Crippen LogP contribution in [0, 0.1) is 12.7 Å². The first-order valence-electron chi connectivity index (χ1n) is 6.56. The molecule has 0 fully saturated rings. The molecule has 21 heavy (non-hydrogen) atoms. The Kier molecular flexibility index (Phi) is 4.42. The zero-order valence-electron chi connectivity index (χ0n) is 12.0. The quantitative estimate of drug-likeness (QED) is 0.393. The van der Waals surface area contributed by atoms with Gasteiger partial charge in [-0.1, -0.05) is 35.5 Å². The average molecular weight is 287 g/mol. The minimum atomic E-state index is -0.514. The maximum atomic E-state index is 14.0. The summed E-state index contributed by atoms with van der Waals surface area (Å²) in [5.41, 5.74) is 8.57. The lowest BCUT2D eigenvalue weighted by Gasteiger charge is -2.23. The smallest absolute Gasteiger partial charge is 0.175 e. The SMILES string of the molecule is Cc1ccccc1CN(C)c1cccc(F)c1C(N)=NO. The fraction of sp³-hybridized carbons (Fsp3) is 0.188. The molecule has 0 aliphatic rings. The molecule has 0 aromatic heterocycles. The summed E-state index contributed by atoms with van der Waals surface area (Å²) < 4.78 is 14.0. The van der Waals surface area contributed by atoms with Crippen LogP contribution in [0.4, 0.5) is 10.1 Å². The second-order valence-electron chi connectivity index (χ2n) is 4.90. The zero-order chi connectivity index (χ0) is 15.4. The number of anilines is 1. The van der Waals surface area contributed by atoms with Gasteiger partial charge in [-0.2, -0.15) is 0 Å². The second-order valence-corrected chi connectivity index (χ2v) is 4.90. The normalized spacial score (nSPS) is 11.5. The number of hydrogen-bond donors (Lipinski definition) is 2. The molecule has 0 bridgehead atoms. The summed E-state index contributed by atoms with van der Waals surface area (Å²) in [6.07, 6.45) is 0. The van der Waals surface area contributed by atoms with Gasteiger partial charge < -0.3 is 15.8 Å². The van der Waals surface area contributed by atoms with E-state index in [1.807, 2.05) is 43.1 Å². The Morgan fingerprint density at radius 2 is 1.95 bits per heavy atom. The van der Waals surface area contributed by atoms with E-state index < -0.39 is 5.82 Å². The first-order valence-corrected chi connectivity index (χ1v) is 6.56. The predicted octanol–water partition coefficient (Wildman–Crippen LogP) is 2.87. The van der Waals surface area contributed by atoms with E-state index in [2.05, 4.69) is 5.16 Å². The molecule has 0 saturated carbocycles. The third-order valence-electron chi connectivity index (χ3n) is 3.44. The lowest BCUT2D eigenvalue weighted by Crippen LogP contribution is -2.24. The molecule has 0 aliphatic heterocycles. The van der Waals surface area contributed by atoms with Crippen LogP contribution in [-0.2, 0) is 6.54 Å². The topological polar surface area (TPSA) is 61.8 Å². The number of halogens is 1. The summed E-state index contributed by atoms with van der Waals surface area (Å²) in [6, 6.07) is 12.6. The van der Waals surface area contributed by atoms with E-state index >= 15 is 0 Å². The van der Waals surface area contributed by atoms with Crippen LogP contribution < -0.4 is 10.6 Å². The summed E-state index contributed by atoms with van der Waals surface area (Å²) in [5.74, 6) is -0.751. The number of amidine groups is 1. The Morgan fingerprint density at radius 3 is 2.62 bits per heavy atom. The Hall–Kier alpha value is -2.56. The van der Waals surface area contributed by atoms with Gasteiger partial charge in [0.2, 0.25) is 0 Å². The Bertz CT molecular complexity index is 670. The molecule has 4 nitrogen and oxygen atoms in total. The van der Waals surface area contributed by atoms with Gasteiger partial charge in [0, 0.05) is 13.6 Å². The summed E-state index contributed by atoms with van der Waals surface area (Å²) in [6.45, 7) is 2.63. The first-order chi connectivity index (χ1) is 10.0. The second kappa shape index (κ2) is 6.26. The van der Waals surface area contributed by atoms with Crippen molar-refractivity contribution in [1.82, 2.24) is 0 Å². The zero-order valence-corrected chi connectivity index (χ0v) is 12.0. The molecule has 110 valence electrons. The van der Waals surface area contributed by atoms with Crippen molar-refractivity contribution in [3.8, 4) is 0 Å². The predicted molar refractivity (Wildman–Crippen MR) is 82.2 cm³/mol. The summed E-state index contributed by atoms with van der Waals surface area (Å²) >= 11 is 0. The van der Waals surface area contributed by atoms with Crippen LogP contribution in [0.25, 0.3) is 0 Å². The first kappa shape index (κ1) is 14.8. The summed E-state index contributed by atoms with van der Waals surface area (Å²) in [5, 5.41) is 11.7. The van der Waals surface area contributed by atoms with Crippen molar-refractivity contribution in [2.45, 2.75) is 13.5 Å². The van der Waals surface area contributed by atoms with Crippen LogP contribution in [0.5, 0.6) is 0 Å². The molecule has 2 aromatic carbocycles. The Labute approximate surface area is 123 Å². The average Bonchev–Trinajstić information content (AvgIpc) is 2.48. The highest BCUT2D eigenvalue weighted by molar-refractivity contribution is 6.02. The van der Waals surface area contributed by atoms with Crippen molar-refractivity contribution in [2.75, 3.05) is 11.9 Å². The van der Waals surface area contributed by atoms with Gasteiger partial charge in [-0.15, -0.1) is 0 Å². The molecule has 0 heterocycles. The molecule has 0 aliphatic carbocycles. The highest BCUT2D eigenvalue weighted by Crippen LogP contribution is 2.24. The largest absolute Gasteiger partial charge is 0.409 e. The van der Waals surface area contributed by atoms with Gasteiger partial charge in [-0.25, -0.2) is 4.39 Å². The van der Waals surface area contributed by atoms with E-state index in [4.69, 9.17) is 10.9 Å². The van der Waals surface area contributed by atoms with E-state index in [-0.39, 0.29) is 11.4 Å². The van der Waals surface area contributed by atoms with Crippen LogP contribution in [0.1, 0.15) is 16.7 Å². The van der Waals surface area contributed by atoms with Crippen LogP contribution in [0.2, 0.25) is 0 Å². The van der Waals surface area contributed by atoms with Crippen molar-refractivity contribution in [2.24, 2.45) is 10.9 Å². The molecule has 0 atom stereocenters. The minimum Gasteiger partial charge on any atom is -0.409 e. The van der Waals surface area contributed by atoms with E-state index in [1.54, 1.807) is 12.1 Å². The number of aryl methyl sites for hydroxylation is 1. The Morgan fingerprint density at radius 1 is 1.24 bits per heavy atom. The summed E-state index contributed by atoms with van der Waals surface area (Å²) in [4.78, 5) is 1.87. The lowest BCUT2D eigenvalue weighted by molar-refractivity contribution is 0.318. The molecule has 0 spiro atoms. The third kappa shape index (κ3) is 3.13. The number of nitrogens with zero attached hydrogens (tertiary/aromatic N) is 2. The Balaban J connectivity index is 2.38. The van der Waals surface area contributed by atoms with Gasteiger partial charge in [-0.3, -0.25) is 0 Å². The molecule has 2 rings (SSSR count). The maximum Gasteiger partial charge on any atom is 0.175 e. The van der Waals surface area contributed by atoms with Crippen molar-refractivity contribution in [3.05, 3.63) is 65.0 Å². The van der Waals surface area contributed by atoms with Crippen LogP contribution in [-0.4, -0.2) is 18.1 Å². The number of rotatable bonds is 4. The fourth-order valence-electron chi connectivity index (χ4n) is 2.26. The molecular formula is C16H18FN3O. The van der Waals surface area contributed by atoms with E-state index in [0.29, 0.717) is 12.2 Å². The van der Waals surface area contributed by atoms with E-state index in [0.717, 1.165) is 11.1 Å². The van der Waals surface area contributed by atoms with Gasteiger partial charge in [0.15, 0.2) is 5.84 Å². The molecular weight excluding hydrogens is 269 g/mol. The van der Waals surface area contributed by atoms with Gasteiger partial charge in [0.25, 0.3) is 0 Å². The minimum absolute atomic E-state index is 0.107. The molecule has 5 heteroatoms. The number of oxime groups is 1. The summed E-state index contributed by atoms with van der Waals surface area (Å²) in [7, 11) is 1.84. The molecule has 2 aromatic rings. The van der Waals surface area contributed by atoms with Crippen molar-refractivity contribution in [3.63, 3.8) is 0 Å². The highest BCUT2D eigenvalue weighted by atomic mass is 19.1. The molecule has 0 amide bonds. The number of hydrogen-bond acceptors (Lipinski definition) is 3. The van der Waals surface area contributed by atoms with E-state index in [9.17, 15) is 4.39 Å². The standard InChI is InChI=1S/C16H18FN3O/c1-11-6-3-4-7-12(11)10-20(2)14-9-5-8-13(17)15(14)16(18)19-21/h3-9,21H,10H2,1-2H3,(H2,18,19). The highest BCUT2D eigenvalue weighted by Gasteiger charge is 2.16. The molecule has 0 saturated heterocycles. The molecule has 0 radical (unpaired) electrons. The van der Waals surface area contributed by atoms with Gasteiger partial charge in [0.05, 0.1) is 11.3 Å². The van der Waals surface area contributed by atoms with Crippen molar-refractivity contribution >= 4 is 11.5 Å².